The molecule has 1 amide bonds. The van der Waals surface area contributed by atoms with Gasteiger partial charge in [0.25, 0.3) is 0 Å². The molecule has 0 rings (SSSR count). The number of esters is 1. The van der Waals surface area contributed by atoms with Crippen LogP contribution in [0.25, 0.3) is 0 Å². The molecular formula is C14H27NO4. The van der Waals surface area contributed by atoms with Gasteiger partial charge >= 0.3 is 12.1 Å². The van der Waals surface area contributed by atoms with Crippen molar-refractivity contribution in [2.24, 2.45) is 11.8 Å². The number of carbonyl (C=O) groups excluding carboxylic acids is 2. The topological polar surface area (TPSA) is 64.6 Å². The van der Waals surface area contributed by atoms with Crippen LogP contribution >= 0.6 is 0 Å². The summed E-state index contributed by atoms with van der Waals surface area (Å²) in [4.78, 5) is 23.4. The Balaban J connectivity index is 4.61. The van der Waals surface area contributed by atoms with Crippen molar-refractivity contribution in [1.82, 2.24) is 5.32 Å². The molecule has 19 heavy (non-hydrogen) atoms. The third-order valence-corrected chi connectivity index (χ3v) is 2.92. The summed E-state index contributed by atoms with van der Waals surface area (Å²) in [7, 11) is 1.31. The molecule has 0 aromatic rings. The summed E-state index contributed by atoms with van der Waals surface area (Å²) >= 11 is 0. The molecule has 0 aromatic heterocycles. The minimum absolute atomic E-state index is 0.291. The van der Waals surface area contributed by atoms with Gasteiger partial charge in [0.15, 0.2) is 0 Å². The molecule has 0 saturated carbocycles. The molecule has 2 unspecified atom stereocenters. The Labute approximate surface area is 116 Å². The van der Waals surface area contributed by atoms with Crippen molar-refractivity contribution in [2.75, 3.05) is 7.11 Å². The van der Waals surface area contributed by atoms with Crippen LogP contribution in [0.1, 0.15) is 48.0 Å². The Kier molecular flexibility index (Phi) is 6.87. The van der Waals surface area contributed by atoms with Crippen LogP contribution in [0.2, 0.25) is 0 Å². The molecule has 0 saturated heterocycles. The first-order valence-corrected chi connectivity index (χ1v) is 6.64. The number of ether oxygens (including phenoxy) is 2. The van der Waals surface area contributed by atoms with Crippen LogP contribution < -0.4 is 5.32 Å². The van der Waals surface area contributed by atoms with Crippen molar-refractivity contribution in [3.8, 4) is 0 Å². The largest absolute Gasteiger partial charge is 0.467 e. The summed E-state index contributed by atoms with van der Waals surface area (Å²) in [6, 6.07) is -0.669. The maximum Gasteiger partial charge on any atom is 0.408 e. The molecule has 5 heteroatoms. The van der Waals surface area contributed by atoms with E-state index in [0.29, 0.717) is 18.3 Å². The number of alkyl carbamates (subject to hydrolysis) is 1. The van der Waals surface area contributed by atoms with Crippen molar-refractivity contribution in [1.29, 1.82) is 0 Å². The lowest BCUT2D eigenvalue weighted by molar-refractivity contribution is -0.143. The predicted octanol–water partition coefficient (Wildman–Crippen LogP) is 2.73. The van der Waals surface area contributed by atoms with E-state index in [1.165, 1.54) is 7.11 Å². The van der Waals surface area contributed by atoms with Gasteiger partial charge in [-0.3, -0.25) is 0 Å². The fourth-order valence-electron chi connectivity index (χ4n) is 1.45. The molecule has 5 nitrogen and oxygen atoms in total. The average molecular weight is 273 g/mol. The Hall–Kier alpha value is -1.26. The molecule has 0 aliphatic rings. The van der Waals surface area contributed by atoms with Gasteiger partial charge in [0.1, 0.15) is 11.6 Å². The maximum atomic E-state index is 11.7. The van der Waals surface area contributed by atoms with E-state index in [0.717, 1.165) is 0 Å². The van der Waals surface area contributed by atoms with Gasteiger partial charge in [-0.25, -0.2) is 9.59 Å². The predicted molar refractivity (Wildman–Crippen MR) is 73.8 cm³/mol. The van der Waals surface area contributed by atoms with E-state index in [9.17, 15) is 9.59 Å². The van der Waals surface area contributed by atoms with Crippen LogP contribution in [0.3, 0.4) is 0 Å². The molecule has 1 N–H and O–H groups in total. The molecule has 0 radical (unpaired) electrons. The Morgan fingerprint density at radius 3 is 2.05 bits per heavy atom. The van der Waals surface area contributed by atoms with Crippen LogP contribution in [0, 0.1) is 11.8 Å². The number of methoxy groups -OCH3 is 1. The second-order valence-corrected chi connectivity index (χ2v) is 6.18. The lowest BCUT2D eigenvalue weighted by Gasteiger charge is -2.25. The van der Waals surface area contributed by atoms with E-state index in [1.54, 1.807) is 20.8 Å². The highest BCUT2D eigenvalue weighted by atomic mass is 16.6. The zero-order valence-corrected chi connectivity index (χ0v) is 13.1. The fourth-order valence-corrected chi connectivity index (χ4v) is 1.45. The van der Waals surface area contributed by atoms with Crippen LogP contribution in [-0.4, -0.2) is 30.8 Å². The van der Waals surface area contributed by atoms with E-state index in [2.05, 4.69) is 19.2 Å². The number of nitrogens with one attached hydrogen (secondary N) is 1. The first kappa shape index (κ1) is 17.7. The lowest BCUT2D eigenvalue weighted by atomic mass is 9.91. The normalized spacial score (nSPS) is 14.7. The highest BCUT2D eigenvalue weighted by Crippen LogP contribution is 2.17. The standard InChI is InChI=1S/C14H27NO4/c1-9(2)10(3)8-11(12(16)18-7)15-13(17)19-14(4,5)6/h9-11H,8H2,1-7H3,(H,15,17). The monoisotopic (exact) mass is 273 g/mol. The van der Waals surface area contributed by atoms with E-state index in [1.807, 2.05) is 6.92 Å². The Bertz CT molecular complexity index is 307. The molecule has 112 valence electrons. The molecule has 0 fully saturated rings. The summed E-state index contributed by atoms with van der Waals surface area (Å²) in [5, 5.41) is 2.57. The molecule has 0 bridgehead atoms. The van der Waals surface area contributed by atoms with Gasteiger partial charge in [0, 0.05) is 0 Å². The first-order chi connectivity index (χ1) is 8.56. The third-order valence-electron chi connectivity index (χ3n) is 2.92. The summed E-state index contributed by atoms with van der Waals surface area (Å²) in [5.74, 6) is 0.269. The molecule has 2 atom stereocenters. The number of amides is 1. The van der Waals surface area contributed by atoms with Crippen LogP contribution in [-0.2, 0) is 14.3 Å². The second-order valence-electron chi connectivity index (χ2n) is 6.18. The molecule has 0 heterocycles. The fraction of sp³-hybridized carbons (Fsp3) is 0.857. The lowest BCUT2D eigenvalue weighted by Crippen LogP contribution is -2.45. The summed E-state index contributed by atoms with van der Waals surface area (Å²) < 4.78 is 9.86. The van der Waals surface area contributed by atoms with Gasteiger partial charge in [0.2, 0.25) is 0 Å². The molecule has 0 aromatic carbocycles. The van der Waals surface area contributed by atoms with Gasteiger partial charge in [0.05, 0.1) is 7.11 Å². The van der Waals surface area contributed by atoms with Gasteiger partial charge in [-0.05, 0) is 39.0 Å². The summed E-state index contributed by atoms with van der Waals surface area (Å²) in [5.41, 5.74) is -0.589. The van der Waals surface area contributed by atoms with Crippen molar-refractivity contribution < 1.29 is 19.1 Å². The maximum absolute atomic E-state index is 11.7. The van der Waals surface area contributed by atoms with Gasteiger partial charge in [-0.2, -0.15) is 0 Å². The minimum atomic E-state index is -0.669. The van der Waals surface area contributed by atoms with Crippen LogP contribution in [0.5, 0.6) is 0 Å². The highest BCUT2D eigenvalue weighted by Gasteiger charge is 2.27. The highest BCUT2D eigenvalue weighted by molar-refractivity contribution is 5.81. The van der Waals surface area contributed by atoms with E-state index < -0.39 is 23.7 Å². The number of hydrogen-bond donors (Lipinski definition) is 1. The van der Waals surface area contributed by atoms with Crippen molar-refractivity contribution in [3.63, 3.8) is 0 Å². The number of hydrogen-bond acceptors (Lipinski definition) is 4. The SMILES string of the molecule is COC(=O)C(CC(C)C(C)C)NC(=O)OC(C)(C)C. The molecular weight excluding hydrogens is 246 g/mol. The average Bonchev–Trinajstić information content (AvgIpc) is 2.24. The zero-order chi connectivity index (χ0) is 15.2. The quantitative estimate of drug-likeness (QED) is 0.782. The van der Waals surface area contributed by atoms with Crippen molar-refractivity contribution in [3.05, 3.63) is 0 Å². The van der Waals surface area contributed by atoms with E-state index in [-0.39, 0.29) is 0 Å². The zero-order valence-electron chi connectivity index (χ0n) is 13.1. The summed E-state index contributed by atoms with van der Waals surface area (Å²) in [6.07, 6.45) is -0.0669. The first-order valence-electron chi connectivity index (χ1n) is 6.64. The Morgan fingerprint density at radius 2 is 1.68 bits per heavy atom. The molecule has 0 spiro atoms. The van der Waals surface area contributed by atoms with E-state index in [4.69, 9.17) is 9.47 Å². The number of rotatable bonds is 5. The van der Waals surface area contributed by atoms with Crippen molar-refractivity contribution >= 4 is 12.1 Å². The van der Waals surface area contributed by atoms with Crippen molar-refractivity contribution in [2.45, 2.75) is 59.6 Å². The minimum Gasteiger partial charge on any atom is -0.467 e. The van der Waals surface area contributed by atoms with Gasteiger partial charge in [-0.15, -0.1) is 0 Å². The summed E-state index contributed by atoms with van der Waals surface area (Å²) in [6.45, 7) is 11.5. The molecule has 0 aliphatic heterocycles. The smallest absolute Gasteiger partial charge is 0.408 e. The third kappa shape index (κ3) is 7.70. The Morgan fingerprint density at radius 1 is 1.16 bits per heavy atom. The number of carbonyl (C=O) groups is 2. The van der Waals surface area contributed by atoms with Gasteiger partial charge < -0.3 is 14.8 Å². The molecule has 0 aliphatic carbocycles. The second kappa shape index (κ2) is 7.36. The van der Waals surface area contributed by atoms with Crippen LogP contribution in [0.15, 0.2) is 0 Å². The van der Waals surface area contributed by atoms with Crippen LogP contribution in [0.4, 0.5) is 4.79 Å². The van der Waals surface area contributed by atoms with E-state index >= 15 is 0 Å². The van der Waals surface area contributed by atoms with Gasteiger partial charge in [-0.1, -0.05) is 20.8 Å².